The summed E-state index contributed by atoms with van der Waals surface area (Å²) in [5, 5.41) is 12.8. The van der Waals surface area contributed by atoms with Gasteiger partial charge in [0.05, 0.1) is 17.6 Å². The Morgan fingerprint density at radius 1 is 1.50 bits per heavy atom. The normalized spacial score (nSPS) is 24.9. The molecule has 0 aromatic rings. The predicted octanol–water partition coefficient (Wildman–Crippen LogP) is 1.39. The summed E-state index contributed by atoms with van der Waals surface area (Å²) in [5.74, 6) is 0.176. The van der Waals surface area contributed by atoms with Gasteiger partial charge >= 0.3 is 0 Å². The van der Waals surface area contributed by atoms with Crippen LogP contribution in [0.2, 0.25) is 0 Å². The molecular formula is C14H28N2O2. The maximum Gasteiger partial charge on any atom is 0.230 e. The lowest BCUT2D eigenvalue weighted by Gasteiger charge is -2.44. The number of aliphatic hydroxyl groups excluding tert-OH is 1. The largest absolute Gasteiger partial charge is 0.394 e. The van der Waals surface area contributed by atoms with Crippen LogP contribution in [0.25, 0.3) is 0 Å². The second-order valence-electron chi connectivity index (χ2n) is 6.15. The van der Waals surface area contributed by atoms with E-state index in [9.17, 15) is 9.90 Å². The fraction of sp³-hybridized carbons (Fsp3) is 0.929. The standard InChI is InChI=1S/C14H28N2O2/c1-5-7-14(8-6-9-15-10-14)12(18)16(4)13(2,3)11-17/h15,17H,5-11H2,1-4H3. The van der Waals surface area contributed by atoms with E-state index >= 15 is 0 Å². The van der Waals surface area contributed by atoms with Gasteiger partial charge in [0.2, 0.25) is 5.91 Å². The van der Waals surface area contributed by atoms with Crippen LogP contribution in [0.5, 0.6) is 0 Å². The van der Waals surface area contributed by atoms with Crippen molar-refractivity contribution in [3.8, 4) is 0 Å². The van der Waals surface area contributed by atoms with E-state index in [2.05, 4.69) is 12.2 Å². The molecule has 4 nitrogen and oxygen atoms in total. The van der Waals surface area contributed by atoms with Crippen LogP contribution in [-0.4, -0.2) is 48.2 Å². The van der Waals surface area contributed by atoms with Crippen LogP contribution >= 0.6 is 0 Å². The van der Waals surface area contributed by atoms with Crippen molar-refractivity contribution in [3.63, 3.8) is 0 Å². The maximum absolute atomic E-state index is 12.8. The summed E-state index contributed by atoms with van der Waals surface area (Å²) in [6, 6.07) is 0. The number of carbonyl (C=O) groups excluding carboxylic acids is 1. The zero-order chi connectivity index (χ0) is 13.8. The van der Waals surface area contributed by atoms with E-state index in [0.717, 1.165) is 38.8 Å². The minimum Gasteiger partial charge on any atom is -0.394 e. The molecule has 18 heavy (non-hydrogen) atoms. The minimum atomic E-state index is -0.491. The number of hydrogen-bond donors (Lipinski definition) is 2. The van der Waals surface area contributed by atoms with Crippen molar-refractivity contribution in [2.75, 3.05) is 26.7 Å². The van der Waals surface area contributed by atoms with Crippen LogP contribution in [0, 0.1) is 5.41 Å². The molecule has 4 heteroatoms. The Balaban J connectivity index is 2.88. The van der Waals surface area contributed by atoms with Crippen molar-refractivity contribution in [1.29, 1.82) is 0 Å². The quantitative estimate of drug-likeness (QED) is 0.781. The van der Waals surface area contributed by atoms with E-state index in [-0.39, 0.29) is 17.9 Å². The number of carbonyl (C=O) groups is 1. The summed E-state index contributed by atoms with van der Waals surface area (Å²) < 4.78 is 0. The number of rotatable bonds is 5. The molecule has 0 radical (unpaired) electrons. The zero-order valence-corrected chi connectivity index (χ0v) is 12.3. The number of nitrogens with one attached hydrogen (secondary N) is 1. The summed E-state index contributed by atoms with van der Waals surface area (Å²) in [4.78, 5) is 14.5. The van der Waals surface area contributed by atoms with E-state index < -0.39 is 5.54 Å². The van der Waals surface area contributed by atoms with Crippen molar-refractivity contribution in [1.82, 2.24) is 10.2 Å². The molecule has 1 amide bonds. The predicted molar refractivity (Wildman–Crippen MR) is 73.4 cm³/mol. The fourth-order valence-electron chi connectivity index (χ4n) is 2.69. The number of aliphatic hydroxyl groups is 1. The second-order valence-corrected chi connectivity index (χ2v) is 6.15. The van der Waals surface area contributed by atoms with E-state index in [1.165, 1.54) is 0 Å². The molecule has 2 N–H and O–H groups in total. The van der Waals surface area contributed by atoms with E-state index in [1.54, 1.807) is 4.90 Å². The van der Waals surface area contributed by atoms with Gasteiger partial charge in [-0.05, 0) is 39.7 Å². The summed E-state index contributed by atoms with van der Waals surface area (Å²) in [6.07, 6.45) is 3.95. The molecule has 1 fully saturated rings. The van der Waals surface area contributed by atoms with Gasteiger partial charge in [-0.3, -0.25) is 4.79 Å². The van der Waals surface area contributed by atoms with Crippen molar-refractivity contribution < 1.29 is 9.90 Å². The molecule has 0 saturated carbocycles. The Morgan fingerprint density at radius 3 is 2.61 bits per heavy atom. The summed E-state index contributed by atoms with van der Waals surface area (Å²) in [6.45, 7) is 7.70. The first-order valence-corrected chi connectivity index (χ1v) is 6.99. The van der Waals surface area contributed by atoms with Crippen molar-refractivity contribution in [2.45, 2.75) is 52.0 Å². The molecule has 1 heterocycles. The van der Waals surface area contributed by atoms with Gasteiger partial charge in [0, 0.05) is 13.6 Å². The molecule has 1 atom stereocenters. The molecule has 1 saturated heterocycles. The van der Waals surface area contributed by atoms with Crippen molar-refractivity contribution in [2.24, 2.45) is 5.41 Å². The summed E-state index contributed by atoms with van der Waals surface area (Å²) in [5.41, 5.74) is -0.760. The van der Waals surface area contributed by atoms with Gasteiger partial charge in [0.1, 0.15) is 0 Å². The van der Waals surface area contributed by atoms with Gasteiger partial charge in [-0.15, -0.1) is 0 Å². The highest BCUT2D eigenvalue weighted by Gasteiger charge is 2.43. The van der Waals surface area contributed by atoms with Crippen LogP contribution in [0.15, 0.2) is 0 Å². The second kappa shape index (κ2) is 6.02. The lowest BCUT2D eigenvalue weighted by molar-refractivity contribution is -0.149. The Kier molecular flexibility index (Phi) is 5.17. The molecule has 1 aliphatic rings. The average Bonchev–Trinajstić information content (AvgIpc) is 2.38. The summed E-state index contributed by atoms with van der Waals surface area (Å²) >= 11 is 0. The molecular weight excluding hydrogens is 228 g/mol. The fourth-order valence-corrected chi connectivity index (χ4v) is 2.69. The SMILES string of the molecule is CCCC1(C(=O)N(C)C(C)(C)CO)CCCNC1. The van der Waals surface area contributed by atoms with Gasteiger partial charge in [-0.25, -0.2) is 0 Å². The third kappa shape index (κ3) is 3.04. The summed E-state index contributed by atoms with van der Waals surface area (Å²) in [7, 11) is 1.81. The first-order valence-electron chi connectivity index (χ1n) is 6.99. The maximum atomic E-state index is 12.8. The highest BCUT2D eigenvalue weighted by Crippen LogP contribution is 2.35. The van der Waals surface area contributed by atoms with E-state index in [0.29, 0.717) is 0 Å². The van der Waals surface area contributed by atoms with Crippen LogP contribution in [0.1, 0.15) is 46.5 Å². The van der Waals surface area contributed by atoms with Crippen LogP contribution in [0.4, 0.5) is 0 Å². The number of amides is 1. The van der Waals surface area contributed by atoms with Gasteiger partial charge < -0.3 is 15.3 Å². The van der Waals surface area contributed by atoms with Crippen LogP contribution in [-0.2, 0) is 4.79 Å². The number of likely N-dealkylation sites (N-methyl/N-ethyl adjacent to an activating group) is 1. The van der Waals surface area contributed by atoms with Gasteiger partial charge in [-0.2, -0.15) is 0 Å². The molecule has 1 rings (SSSR count). The minimum absolute atomic E-state index is 0.00905. The lowest BCUT2D eigenvalue weighted by atomic mass is 9.75. The molecule has 0 spiro atoms. The van der Waals surface area contributed by atoms with E-state index in [4.69, 9.17) is 0 Å². The molecule has 0 bridgehead atoms. The Bertz CT molecular complexity index is 278. The third-order valence-electron chi connectivity index (χ3n) is 4.25. The van der Waals surface area contributed by atoms with Crippen molar-refractivity contribution in [3.05, 3.63) is 0 Å². The molecule has 1 unspecified atom stereocenters. The van der Waals surface area contributed by atoms with E-state index in [1.807, 2.05) is 20.9 Å². The topological polar surface area (TPSA) is 52.6 Å². The molecule has 106 valence electrons. The van der Waals surface area contributed by atoms with Crippen molar-refractivity contribution >= 4 is 5.91 Å². The van der Waals surface area contributed by atoms with Crippen LogP contribution < -0.4 is 5.32 Å². The van der Waals surface area contributed by atoms with Gasteiger partial charge in [0.25, 0.3) is 0 Å². The lowest BCUT2D eigenvalue weighted by Crippen LogP contribution is -2.57. The van der Waals surface area contributed by atoms with Gasteiger partial charge in [-0.1, -0.05) is 13.3 Å². The highest BCUT2D eigenvalue weighted by atomic mass is 16.3. The average molecular weight is 256 g/mol. The Labute approximate surface area is 111 Å². The molecule has 0 aromatic carbocycles. The van der Waals surface area contributed by atoms with Crippen LogP contribution in [0.3, 0.4) is 0 Å². The number of piperidine rings is 1. The monoisotopic (exact) mass is 256 g/mol. The molecule has 0 aromatic heterocycles. The smallest absolute Gasteiger partial charge is 0.230 e. The Hall–Kier alpha value is -0.610. The molecule has 0 aliphatic carbocycles. The first-order chi connectivity index (χ1) is 8.39. The Morgan fingerprint density at radius 2 is 2.17 bits per heavy atom. The zero-order valence-electron chi connectivity index (χ0n) is 12.3. The van der Waals surface area contributed by atoms with Gasteiger partial charge in [0.15, 0.2) is 0 Å². The number of hydrogen-bond acceptors (Lipinski definition) is 3. The number of nitrogens with zero attached hydrogens (tertiary/aromatic N) is 1. The third-order valence-corrected chi connectivity index (χ3v) is 4.25. The highest BCUT2D eigenvalue weighted by molar-refractivity contribution is 5.83. The first kappa shape index (κ1) is 15.4. The molecule has 1 aliphatic heterocycles.